The fourth-order valence-electron chi connectivity index (χ4n) is 3.01. The van der Waals surface area contributed by atoms with Crippen molar-refractivity contribution < 1.29 is 0 Å². The highest BCUT2D eigenvalue weighted by atomic mass is 15.3. The normalized spacial score (nSPS) is 30.4. The van der Waals surface area contributed by atoms with Crippen molar-refractivity contribution in [2.75, 3.05) is 6.54 Å². The Labute approximate surface area is 103 Å². The lowest BCUT2D eigenvalue weighted by atomic mass is 10.1. The predicted octanol–water partition coefficient (Wildman–Crippen LogP) is 1.70. The minimum atomic E-state index is 0.256. The Morgan fingerprint density at radius 2 is 2.12 bits per heavy atom. The molecule has 4 nitrogen and oxygen atoms in total. The van der Waals surface area contributed by atoms with E-state index < -0.39 is 0 Å². The molecule has 94 valence electrons. The molecule has 2 heterocycles. The number of hydrogen-bond donors (Lipinski definition) is 1. The van der Waals surface area contributed by atoms with E-state index in [2.05, 4.69) is 28.3 Å². The zero-order valence-electron chi connectivity index (χ0n) is 10.7. The first kappa shape index (κ1) is 11.2. The zero-order valence-corrected chi connectivity index (χ0v) is 10.7. The number of aromatic nitrogens is 2. The number of rotatable bonds is 3. The summed E-state index contributed by atoms with van der Waals surface area (Å²) in [5, 5.41) is 0. The minimum Gasteiger partial charge on any atom is -0.330 e. The van der Waals surface area contributed by atoms with Crippen LogP contribution < -0.4 is 5.73 Å². The fraction of sp³-hybridized carbons (Fsp3) is 0.769. The van der Waals surface area contributed by atoms with Crippen LogP contribution in [-0.2, 0) is 0 Å². The number of hydrogen-bond acceptors (Lipinski definition) is 3. The van der Waals surface area contributed by atoms with E-state index in [-0.39, 0.29) is 6.04 Å². The van der Waals surface area contributed by atoms with Crippen molar-refractivity contribution in [2.45, 2.75) is 57.3 Å². The molecule has 17 heavy (non-hydrogen) atoms. The number of likely N-dealkylation sites (tertiary alicyclic amines) is 1. The molecule has 0 radical (unpaired) electrons. The third-order valence-electron chi connectivity index (χ3n) is 4.09. The van der Waals surface area contributed by atoms with E-state index in [0.29, 0.717) is 18.1 Å². The standard InChI is InChI=1S/C13H22N4/c1-9(2)16-6-5-11(14)13(16)12-7-15-8-17(12)10-3-4-10/h7-11,13H,3-6,14H2,1-2H3. The maximum atomic E-state index is 6.31. The first-order valence-electron chi connectivity index (χ1n) is 6.71. The lowest BCUT2D eigenvalue weighted by molar-refractivity contribution is 0.191. The second-order valence-corrected chi connectivity index (χ2v) is 5.69. The van der Waals surface area contributed by atoms with Crippen LogP contribution in [0.2, 0.25) is 0 Å². The van der Waals surface area contributed by atoms with Crippen LogP contribution in [0.1, 0.15) is 50.9 Å². The van der Waals surface area contributed by atoms with Gasteiger partial charge in [0.1, 0.15) is 0 Å². The summed E-state index contributed by atoms with van der Waals surface area (Å²) in [6.45, 7) is 5.62. The SMILES string of the molecule is CC(C)N1CCC(N)C1c1cncn1C1CC1. The van der Waals surface area contributed by atoms with Gasteiger partial charge in [-0.05, 0) is 33.1 Å². The third kappa shape index (κ3) is 1.89. The lowest BCUT2D eigenvalue weighted by Crippen LogP contribution is -2.37. The summed E-state index contributed by atoms with van der Waals surface area (Å²) < 4.78 is 2.35. The van der Waals surface area contributed by atoms with Crippen LogP contribution in [0.25, 0.3) is 0 Å². The monoisotopic (exact) mass is 234 g/mol. The molecule has 3 rings (SSSR count). The van der Waals surface area contributed by atoms with Gasteiger partial charge in [-0.15, -0.1) is 0 Å². The molecule has 2 fully saturated rings. The van der Waals surface area contributed by atoms with Crippen molar-refractivity contribution in [3.8, 4) is 0 Å². The molecule has 4 heteroatoms. The molecule has 1 aromatic rings. The second kappa shape index (κ2) is 4.10. The molecule has 2 aliphatic rings. The largest absolute Gasteiger partial charge is 0.330 e. The van der Waals surface area contributed by atoms with Gasteiger partial charge in [0.15, 0.2) is 0 Å². The highest BCUT2D eigenvalue weighted by molar-refractivity contribution is 5.14. The Morgan fingerprint density at radius 3 is 2.76 bits per heavy atom. The highest BCUT2D eigenvalue weighted by Gasteiger charge is 2.38. The van der Waals surface area contributed by atoms with Crippen LogP contribution >= 0.6 is 0 Å². The van der Waals surface area contributed by atoms with E-state index in [1.165, 1.54) is 18.5 Å². The average molecular weight is 234 g/mol. The van der Waals surface area contributed by atoms with Crippen molar-refractivity contribution in [3.63, 3.8) is 0 Å². The Balaban J connectivity index is 1.92. The highest BCUT2D eigenvalue weighted by Crippen LogP contribution is 2.40. The van der Waals surface area contributed by atoms with Crippen LogP contribution in [0.4, 0.5) is 0 Å². The van der Waals surface area contributed by atoms with Gasteiger partial charge in [-0.3, -0.25) is 4.90 Å². The van der Waals surface area contributed by atoms with Crippen LogP contribution in [0.15, 0.2) is 12.5 Å². The molecule has 0 spiro atoms. The van der Waals surface area contributed by atoms with Crippen molar-refractivity contribution >= 4 is 0 Å². The van der Waals surface area contributed by atoms with Gasteiger partial charge in [-0.1, -0.05) is 0 Å². The molecule has 2 atom stereocenters. The first-order chi connectivity index (χ1) is 8.18. The molecular weight excluding hydrogens is 212 g/mol. The van der Waals surface area contributed by atoms with Crippen molar-refractivity contribution in [1.82, 2.24) is 14.5 Å². The molecule has 1 aromatic heterocycles. The van der Waals surface area contributed by atoms with Crippen molar-refractivity contribution in [1.29, 1.82) is 0 Å². The summed E-state index contributed by atoms with van der Waals surface area (Å²) in [5.74, 6) is 0. The van der Waals surface area contributed by atoms with E-state index in [1.807, 2.05) is 12.5 Å². The van der Waals surface area contributed by atoms with Crippen LogP contribution in [0.5, 0.6) is 0 Å². The molecule has 1 aliphatic carbocycles. The van der Waals surface area contributed by atoms with E-state index in [9.17, 15) is 0 Å². The van der Waals surface area contributed by atoms with Gasteiger partial charge in [-0.2, -0.15) is 0 Å². The Bertz CT molecular complexity index is 394. The van der Waals surface area contributed by atoms with Crippen molar-refractivity contribution in [2.24, 2.45) is 5.73 Å². The van der Waals surface area contributed by atoms with Gasteiger partial charge < -0.3 is 10.3 Å². The van der Waals surface area contributed by atoms with Gasteiger partial charge >= 0.3 is 0 Å². The summed E-state index contributed by atoms with van der Waals surface area (Å²) >= 11 is 0. The third-order valence-corrected chi connectivity index (χ3v) is 4.09. The number of nitrogens with zero attached hydrogens (tertiary/aromatic N) is 3. The Morgan fingerprint density at radius 1 is 1.35 bits per heavy atom. The maximum Gasteiger partial charge on any atom is 0.0951 e. The van der Waals surface area contributed by atoms with Crippen LogP contribution in [0.3, 0.4) is 0 Å². The van der Waals surface area contributed by atoms with Gasteiger partial charge in [0.25, 0.3) is 0 Å². The summed E-state index contributed by atoms with van der Waals surface area (Å²) in [6, 6.07) is 1.86. The molecule has 0 amide bonds. The van der Waals surface area contributed by atoms with E-state index >= 15 is 0 Å². The molecule has 2 N–H and O–H groups in total. The van der Waals surface area contributed by atoms with Gasteiger partial charge in [0.05, 0.1) is 18.1 Å². The second-order valence-electron chi connectivity index (χ2n) is 5.69. The quantitative estimate of drug-likeness (QED) is 0.866. The molecule has 0 aromatic carbocycles. The molecular formula is C13H22N4. The van der Waals surface area contributed by atoms with Crippen molar-refractivity contribution in [3.05, 3.63) is 18.2 Å². The van der Waals surface area contributed by atoms with E-state index in [1.54, 1.807) is 0 Å². The Hall–Kier alpha value is -0.870. The maximum absolute atomic E-state index is 6.31. The van der Waals surface area contributed by atoms with E-state index in [4.69, 9.17) is 5.73 Å². The number of nitrogens with two attached hydrogens (primary N) is 1. The topological polar surface area (TPSA) is 47.1 Å². The van der Waals surface area contributed by atoms with Crippen LogP contribution in [-0.4, -0.2) is 33.1 Å². The summed E-state index contributed by atoms with van der Waals surface area (Å²) in [5.41, 5.74) is 7.63. The summed E-state index contributed by atoms with van der Waals surface area (Å²) in [7, 11) is 0. The van der Waals surface area contributed by atoms with Gasteiger partial charge in [-0.25, -0.2) is 4.98 Å². The summed E-state index contributed by atoms with van der Waals surface area (Å²) in [4.78, 5) is 6.85. The molecule has 0 bridgehead atoms. The average Bonchev–Trinajstić information content (AvgIpc) is 2.88. The first-order valence-corrected chi connectivity index (χ1v) is 6.71. The predicted molar refractivity (Wildman–Crippen MR) is 67.7 cm³/mol. The molecule has 1 aliphatic heterocycles. The smallest absolute Gasteiger partial charge is 0.0951 e. The van der Waals surface area contributed by atoms with Crippen LogP contribution in [0, 0.1) is 0 Å². The lowest BCUT2D eigenvalue weighted by Gasteiger charge is -2.30. The molecule has 1 saturated heterocycles. The zero-order chi connectivity index (χ0) is 12.0. The number of imidazole rings is 1. The minimum absolute atomic E-state index is 0.256. The van der Waals surface area contributed by atoms with Gasteiger partial charge in [0, 0.05) is 30.9 Å². The molecule has 1 saturated carbocycles. The Kier molecular flexibility index (Phi) is 2.71. The fourth-order valence-corrected chi connectivity index (χ4v) is 3.01. The van der Waals surface area contributed by atoms with Gasteiger partial charge in [0.2, 0.25) is 0 Å². The summed E-state index contributed by atoms with van der Waals surface area (Å²) in [6.07, 6.45) is 7.69. The van der Waals surface area contributed by atoms with E-state index in [0.717, 1.165) is 13.0 Å². The molecule has 2 unspecified atom stereocenters.